The SMILES string of the molecule is CCC1(C(=O)c2cc(Cl)ccc2OC)CCCN1. The molecule has 0 radical (unpaired) electrons. The van der Waals surface area contributed by atoms with Gasteiger partial charge in [-0.15, -0.1) is 0 Å². The van der Waals surface area contributed by atoms with E-state index in [9.17, 15) is 4.79 Å². The van der Waals surface area contributed by atoms with E-state index in [-0.39, 0.29) is 5.78 Å². The molecule has 0 amide bonds. The Balaban J connectivity index is 2.41. The van der Waals surface area contributed by atoms with E-state index in [2.05, 4.69) is 5.32 Å². The zero-order valence-electron chi connectivity index (χ0n) is 10.8. The van der Waals surface area contributed by atoms with Gasteiger partial charge in [-0.05, 0) is 44.0 Å². The van der Waals surface area contributed by atoms with Gasteiger partial charge >= 0.3 is 0 Å². The maximum atomic E-state index is 12.7. The van der Waals surface area contributed by atoms with Crippen molar-refractivity contribution in [2.24, 2.45) is 0 Å². The highest BCUT2D eigenvalue weighted by molar-refractivity contribution is 6.31. The lowest BCUT2D eigenvalue weighted by Gasteiger charge is -2.27. The van der Waals surface area contributed by atoms with Gasteiger partial charge < -0.3 is 10.1 Å². The van der Waals surface area contributed by atoms with Crippen molar-refractivity contribution in [3.05, 3.63) is 28.8 Å². The van der Waals surface area contributed by atoms with Crippen LogP contribution in [0.5, 0.6) is 5.75 Å². The fourth-order valence-electron chi connectivity index (χ4n) is 2.58. The predicted molar refractivity (Wildman–Crippen MR) is 72.6 cm³/mol. The summed E-state index contributed by atoms with van der Waals surface area (Å²) in [5.74, 6) is 0.674. The van der Waals surface area contributed by atoms with Gasteiger partial charge in [-0.3, -0.25) is 4.79 Å². The van der Waals surface area contributed by atoms with E-state index in [1.807, 2.05) is 6.92 Å². The Hall–Kier alpha value is -1.06. The largest absolute Gasteiger partial charge is 0.496 e. The Morgan fingerprint density at radius 2 is 2.33 bits per heavy atom. The van der Waals surface area contributed by atoms with Gasteiger partial charge in [-0.1, -0.05) is 18.5 Å². The van der Waals surface area contributed by atoms with Crippen LogP contribution in [0, 0.1) is 0 Å². The predicted octanol–water partition coefficient (Wildman–Crippen LogP) is 3.06. The molecule has 4 heteroatoms. The van der Waals surface area contributed by atoms with Crippen LogP contribution in [-0.2, 0) is 0 Å². The molecular formula is C14H18ClNO2. The molecular weight excluding hydrogens is 250 g/mol. The first-order chi connectivity index (χ1) is 8.63. The number of ether oxygens (including phenoxy) is 1. The summed E-state index contributed by atoms with van der Waals surface area (Å²) in [6, 6.07) is 5.17. The highest BCUT2D eigenvalue weighted by atomic mass is 35.5. The second-order valence-electron chi connectivity index (χ2n) is 4.64. The van der Waals surface area contributed by atoms with Crippen LogP contribution in [-0.4, -0.2) is 25.0 Å². The summed E-state index contributed by atoms with van der Waals surface area (Å²) < 4.78 is 5.26. The van der Waals surface area contributed by atoms with Crippen LogP contribution in [0.2, 0.25) is 5.02 Å². The third-order valence-electron chi connectivity index (χ3n) is 3.69. The Morgan fingerprint density at radius 3 is 2.89 bits per heavy atom. The molecule has 1 saturated heterocycles. The minimum Gasteiger partial charge on any atom is -0.496 e. The van der Waals surface area contributed by atoms with E-state index in [1.54, 1.807) is 25.3 Å². The summed E-state index contributed by atoms with van der Waals surface area (Å²) in [7, 11) is 1.57. The van der Waals surface area contributed by atoms with Gasteiger partial charge in [0.1, 0.15) is 5.75 Å². The molecule has 1 fully saturated rings. The maximum absolute atomic E-state index is 12.7. The number of hydrogen-bond acceptors (Lipinski definition) is 3. The van der Waals surface area contributed by atoms with Gasteiger partial charge in [-0.2, -0.15) is 0 Å². The molecule has 0 aromatic heterocycles. The highest BCUT2D eigenvalue weighted by Gasteiger charge is 2.40. The third kappa shape index (κ3) is 2.25. The molecule has 18 heavy (non-hydrogen) atoms. The Kier molecular flexibility index (Phi) is 3.93. The zero-order valence-corrected chi connectivity index (χ0v) is 11.5. The van der Waals surface area contributed by atoms with Crippen molar-refractivity contribution < 1.29 is 9.53 Å². The average molecular weight is 268 g/mol. The van der Waals surface area contributed by atoms with Crippen molar-refractivity contribution in [3.63, 3.8) is 0 Å². The fraction of sp³-hybridized carbons (Fsp3) is 0.500. The lowest BCUT2D eigenvalue weighted by molar-refractivity contribution is 0.0860. The number of Topliss-reactive ketones (excluding diaryl/α,β-unsaturated/α-hetero) is 1. The van der Waals surface area contributed by atoms with Crippen LogP contribution >= 0.6 is 11.6 Å². The molecule has 1 N–H and O–H groups in total. The molecule has 0 saturated carbocycles. The fourth-order valence-corrected chi connectivity index (χ4v) is 2.75. The van der Waals surface area contributed by atoms with Gasteiger partial charge in [-0.25, -0.2) is 0 Å². The highest BCUT2D eigenvalue weighted by Crippen LogP contribution is 2.32. The monoisotopic (exact) mass is 267 g/mol. The van der Waals surface area contributed by atoms with Crippen LogP contribution in [0.25, 0.3) is 0 Å². The van der Waals surface area contributed by atoms with E-state index >= 15 is 0 Å². The van der Waals surface area contributed by atoms with Gasteiger partial charge in [0.15, 0.2) is 5.78 Å². The van der Waals surface area contributed by atoms with Crippen LogP contribution < -0.4 is 10.1 Å². The molecule has 1 aromatic rings. The van der Waals surface area contributed by atoms with Crippen molar-refractivity contribution in [1.82, 2.24) is 5.32 Å². The van der Waals surface area contributed by atoms with Crippen molar-refractivity contribution in [2.45, 2.75) is 31.7 Å². The first-order valence-corrected chi connectivity index (χ1v) is 6.64. The van der Waals surface area contributed by atoms with Crippen LogP contribution in [0.1, 0.15) is 36.5 Å². The van der Waals surface area contributed by atoms with Gasteiger partial charge in [0.05, 0.1) is 18.2 Å². The molecule has 2 rings (SSSR count). The maximum Gasteiger partial charge on any atom is 0.186 e. The summed E-state index contributed by atoms with van der Waals surface area (Å²) in [4.78, 5) is 12.7. The first-order valence-electron chi connectivity index (χ1n) is 6.26. The first kappa shape index (κ1) is 13.4. The van der Waals surface area contributed by atoms with Gasteiger partial charge in [0, 0.05) is 5.02 Å². The second kappa shape index (κ2) is 5.29. The second-order valence-corrected chi connectivity index (χ2v) is 5.08. The van der Waals surface area contributed by atoms with Crippen LogP contribution in [0.3, 0.4) is 0 Å². The van der Waals surface area contributed by atoms with Crippen LogP contribution in [0.15, 0.2) is 18.2 Å². The number of carbonyl (C=O) groups is 1. The molecule has 1 aliphatic heterocycles. The summed E-state index contributed by atoms with van der Waals surface area (Å²) in [6.45, 7) is 2.93. The quantitative estimate of drug-likeness (QED) is 0.852. The molecule has 0 aliphatic carbocycles. The smallest absolute Gasteiger partial charge is 0.186 e. The number of nitrogens with one attached hydrogen (secondary N) is 1. The van der Waals surface area contributed by atoms with Crippen molar-refractivity contribution in [2.75, 3.05) is 13.7 Å². The normalized spacial score (nSPS) is 23.1. The number of benzene rings is 1. The van der Waals surface area contributed by atoms with Crippen molar-refractivity contribution >= 4 is 17.4 Å². The van der Waals surface area contributed by atoms with E-state index < -0.39 is 5.54 Å². The summed E-state index contributed by atoms with van der Waals surface area (Å²) in [5, 5.41) is 3.90. The number of methoxy groups -OCH3 is 1. The molecule has 1 aliphatic rings. The molecule has 1 atom stereocenters. The van der Waals surface area contributed by atoms with Crippen molar-refractivity contribution in [1.29, 1.82) is 0 Å². The number of carbonyl (C=O) groups excluding carboxylic acids is 1. The van der Waals surface area contributed by atoms with Gasteiger partial charge in [0.25, 0.3) is 0 Å². The summed E-state index contributed by atoms with van der Waals surface area (Å²) in [5.41, 5.74) is 0.124. The number of halogens is 1. The Bertz CT molecular complexity index is 453. The molecule has 98 valence electrons. The lowest BCUT2D eigenvalue weighted by Crippen LogP contribution is -2.47. The zero-order chi connectivity index (χ0) is 13.2. The summed E-state index contributed by atoms with van der Waals surface area (Å²) in [6.07, 6.45) is 2.68. The molecule has 3 nitrogen and oxygen atoms in total. The van der Waals surface area contributed by atoms with Gasteiger partial charge in [0.2, 0.25) is 0 Å². The van der Waals surface area contributed by atoms with E-state index in [0.717, 1.165) is 25.8 Å². The average Bonchev–Trinajstić information content (AvgIpc) is 2.87. The molecule has 1 unspecified atom stereocenters. The summed E-state index contributed by atoms with van der Waals surface area (Å²) >= 11 is 5.98. The number of rotatable bonds is 4. The van der Waals surface area contributed by atoms with Crippen LogP contribution in [0.4, 0.5) is 0 Å². The van der Waals surface area contributed by atoms with E-state index in [0.29, 0.717) is 16.3 Å². The Morgan fingerprint density at radius 1 is 1.56 bits per heavy atom. The molecule has 0 bridgehead atoms. The third-order valence-corrected chi connectivity index (χ3v) is 3.92. The van der Waals surface area contributed by atoms with Crippen molar-refractivity contribution in [3.8, 4) is 5.75 Å². The molecule has 0 spiro atoms. The minimum absolute atomic E-state index is 0.0850. The van der Waals surface area contributed by atoms with E-state index in [1.165, 1.54) is 0 Å². The Labute approximate surface area is 112 Å². The molecule has 1 heterocycles. The molecule has 1 aromatic carbocycles. The topological polar surface area (TPSA) is 38.3 Å². The van der Waals surface area contributed by atoms with E-state index in [4.69, 9.17) is 16.3 Å². The number of ketones is 1. The lowest BCUT2D eigenvalue weighted by atomic mass is 9.85. The minimum atomic E-state index is -0.446. The standard InChI is InChI=1S/C14H18ClNO2/c1-3-14(7-4-8-16-14)13(17)11-9-10(15)5-6-12(11)18-2/h5-6,9,16H,3-4,7-8H2,1-2H3. The number of hydrogen-bond donors (Lipinski definition) is 1.